The zero-order valence-electron chi connectivity index (χ0n) is 12.8. The van der Waals surface area contributed by atoms with Gasteiger partial charge in [-0.05, 0) is 54.2 Å². The topological polar surface area (TPSA) is 49.3 Å². The van der Waals surface area contributed by atoms with Crippen LogP contribution in [-0.4, -0.2) is 17.1 Å². The molecular weight excluding hydrogens is 293 g/mol. The lowest BCUT2D eigenvalue weighted by atomic mass is 9.94. The number of carboxylic acids is 1. The van der Waals surface area contributed by atoms with Crippen LogP contribution in [0.5, 0.6) is 0 Å². The van der Waals surface area contributed by atoms with Gasteiger partial charge in [0.25, 0.3) is 0 Å². The molecule has 23 heavy (non-hydrogen) atoms. The first-order chi connectivity index (χ1) is 11.1. The van der Waals surface area contributed by atoms with Crippen molar-refractivity contribution < 1.29 is 14.3 Å². The van der Waals surface area contributed by atoms with E-state index in [1.165, 1.54) is 17.7 Å². The molecule has 1 aliphatic rings. The number of carbonyl (C=O) groups is 1. The van der Waals surface area contributed by atoms with Gasteiger partial charge in [-0.15, -0.1) is 0 Å². The molecule has 120 valence electrons. The normalized spacial score (nSPS) is 20.6. The lowest BCUT2D eigenvalue weighted by molar-refractivity contribution is 0.0697. The van der Waals surface area contributed by atoms with Crippen LogP contribution in [-0.2, 0) is 6.54 Å². The van der Waals surface area contributed by atoms with Gasteiger partial charge in [0, 0.05) is 12.6 Å². The summed E-state index contributed by atoms with van der Waals surface area (Å²) < 4.78 is 13.1. The fourth-order valence-corrected chi connectivity index (χ4v) is 3.33. The second-order valence-electron chi connectivity index (χ2n) is 6.08. The van der Waals surface area contributed by atoms with E-state index in [1.807, 2.05) is 24.3 Å². The Morgan fingerprint density at radius 2 is 1.78 bits per heavy atom. The highest BCUT2D eigenvalue weighted by Crippen LogP contribution is 2.34. The molecule has 3 rings (SSSR count). The Morgan fingerprint density at radius 3 is 2.43 bits per heavy atom. The minimum atomic E-state index is -0.906. The molecule has 0 amide bonds. The number of carboxylic acid groups (broad SMARTS) is 1. The molecule has 2 N–H and O–H groups in total. The summed E-state index contributed by atoms with van der Waals surface area (Å²) in [6.07, 6.45) is 3.38. The highest BCUT2D eigenvalue weighted by atomic mass is 19.1. The molecule has 1 aliphatic carbocycles. The fourth-order valence-electron chi connectivity index (χ4n) is 3.33. The zero-order valence-corrected chi connectivity index (χ0v) is 12.8. The van der Waals surface area contributed by atoms with Gasteiger partial charge >= 0.3 is 5.97 Å². The van der Waals surface area contributed by atoms with E-state index in [9.17, 15) is 9.18 Å². The third kappa shape index (κ3) is 3.77. The van der Waals surface area contributed by atoms with Gasteiger partial charge in [-0.2, -0.15) is 0 Å². The second-order valence-corrected chi connectivity index (χ2v) is 6.08. The maximum atomic E-state index is 13.1. The van der Waals surface area contributed by atoms with Crippen molar-refractivity contribution in [1.82, 2.24) is 5.32 Å². The molecule has 3 nitrogen and oxygen atoms in total. The number of nitrogens with one attached hydrogen (secondary N) is 1. The summed E-state index contributed by atoms with van der Waals surface area (Å²) in [6.45, 7) is 0.711. The SMILES string of the molecule is O=C(O)c1ccc(CNC2CCCC2c2ccc(F)cc2)cc1. The van der Waals surface area contributed by atoms with Gasteiger partial charge in [0.1, 0.15) is 5.82 Å². The average molecular weight is 313 g/mol. The Labute approximate surface area is 135 Å². The summed E-state index contributed by atoms with van der Waals surface area (Å²) in [4.78, 5) is 10.9. The maximum Gasteiger partial charge on any atom is 0.335 e. The van der Waals surface area contributed by atoms with E-state index in [0.29, 0.717) is 24.1 Å². The van der Waals surface area contributed by atoms with E-state index < -0.39 is 5.97 Å². The monoisotopic (exact) mass is 313 g/mol. The molecule has 2 aromatic rings. The molecule has 0 radical (unpaired) electrons. The van der Waals surface area contributed by atoms with Crippen LogP contribution in [0.4, 0.5) is 4.39 Å². The molecule has 2 aromatic carbocycles. The van der Waals surface area contributed by atoms with E-state index in [2.05, 4.69) is 5.32 Å². The van der Waals surface area contributed by atoms with E-state index in [-0.39, 0.29) is 5.82 Å². The van der Waals surface area contributed by atoms with Gasteiger partial charge in [-0.3, -0.25) is 0 Å². The van der Waals surface area contributed by atoms with Crippen molar-refractivity contribution in [1.29, 1.82) is 0 Å². The van der Waals surface area contributed by atoms with Crippen LogP contribution in [0.25, 0.3) is 0 Å². The van der Waals surface area contributed by atoms with Crippen molar-refractivity contribution in [3.8, 4) is 0 Å². The molecule has 0 bridgehead atoms. The van der Waals surface area contributed by atoms with Crippen molar-refractivity contribution in [2.24, 2.45) is 0 Å². The standard InChI is InChI=1S/C19H20FNO2/c20-16-10-8-14(9-11-16)17-2-1-3-18(17)21-12-13-4-6-15(7-5-13)19(22)23/h4-11,17-18,21H,1-3,12H2,(H,22,23). The second kappa shape index (κ2) is 6.92. The largest absolute Gasteiger partial charge is 0.478 e. The first-order valence-electron chi connectivity index (χ1n) is 7.94. The molecule has 0 spiro atoms. The van der Waals surface area contributed by atoms with Crippen molar-refractivity contribution in [2.45, 2.75) is 37.8 Å². The summed E-state index contributed by atoms with van der Waals surface area (Å²) in [5.41, 5.74) is 2.56. The number of hydrogen-bond donors (Lipinski definition) is 2. The smallest absolute Gasteiger partial charge is 0.335 e. The quantitative estimate of drug-likeness (QED) is 0.879. The van der Waals surface area contributed by atoms with E-state index in [1.54, 1.807) is 12.1 Å². The summed E-state index contributed by atoms with van der Waals surface area (Å²) in [5, 5.41) is 12.5. The lowest BCUT2D eigenvalue weighted by Crippen LogP contribution is -2.30. The minimum absolute atomic E-state index is 0.199. The molecule has 1 saturated carbocycles. The number of halogens is 1. The predicted octanol–water partition coefficient (Wildman–Crippen LogP) is 3.95. The summed E-state index contributed by atoms with van der Waals surface area (Å²) in [7, 11) is 0. The van der Waals surface area contributed by atoms with E-state index >= 15 is 0 Å². The summed E-state index contributed by atoms with van der Waals surface area (Å²) in [5.74, 6) is -0.694. The Bertz CT molecular complexity index is 667. The van der Waals surface area contributed by atoms with Crippen LogP contribution in [0.2, 0.25) is 0 Å². The summed E-state index contributed by atoms with van der Waals surface area (Å²) >= 11 is 0. The Hall–Kier alpha value is -2.20. The third-order valence-electron chi connectivity index (χ3n) is 4.58. The lowest BCUT2D eigenvalue weighted by Gasteiger charge is -2.21. The highest BCUT2D eigenvalue weighted by molar-refractivity contribution is 5.87. The van der Waals surface area contributed by atoms with Crippen LogP contribution in [0.15, 0.2) is 48.5 Å². The van der Waals surface area contributed by atoms with Crippen molar-refractivity contribution in [3.63, 3.8) is 0 Å². The van der Waals surface area contributed by atoms with Crippen molar-refractivity contribution in [2.75, 3.05) is 0 Å². The first-order valence-corrected chi connectivity index (χ1v) is 7.94. The van der Waals surface area contributed by atoms with E-state index in [4.69, 9.17) is 5.11 Å². The number of rotatable bonds is 5. The number of benzene rings is 2. The predicted molar refractivity (Wildman–Crippen MR) is 87.0 cm³/mol. The van der Waals surface area contributed by atoms with Gasteiger partial charge < -0.3 is 10.4 Å². The molecule has 0 saturated heterocycles. The van der Waals surface area contributed by atoms with Crippen LogP contribution < -0.4 is 5.32 Å². The Morgan fingerprint density at radius 1 is 1.09 bits per heavy atom. The van der Waals surface area contributed by atoms with Gasteiger partial charge in [0.15, 0.2) is 0 Å². The number of hydrogen-bond acceptors (Lipinski definition) is 2. The van der Waals surface area contributed by atoms with Crippen molar-refractivity contribution in [3.05, 3.63) is 71.0 Å². The van der Waals surface area contributed by atoms with Gasteiger partial charge in [0.2, 0.25) is 0 Å². The average Bonchev–Trinajstić information content (AvgIpc) is 3.02. The zero-order chi connectivity index (χ0) is 16.2. The van der Waals surface area contributed by atoms with Crippen LogP contribution in [0.3, 0.4) is 0 Å². The molecule has 0 heterocycles. The van der Waals surface area contributed by atoms with Gasteiger partial charge in [-0.1, -0.05) is 30.7 Å². The molecule has 1 fully saturated rings. The highest BCUT2D eigenvalue weighted by Gasteiger charge is 2.28. The van der Waals surface area contributed by atoms with Crippen LogP contribution >= 0.6 is 0 Å². The van der Waals surface area contributed by atoms with E-state index in [0.717, 1.165) is 24.8 Å². The third-order valence-corrected chi connectivity index (χ3v) is 4.58. The number of aromatic carboxylic acids is 1. The van der Waals surface area contributed by atoms with Gasteiger partial charge in [-0.25, -0.2) is 9.18 Å². The maximum absolute atomic E-state index is 13.1. The fraction of sp³-hybridized carbons (Fsp3) is 0.316. The first kappa shape index (κ1) is 15.7. The molecule has 4 heteroatoms. The minimum Gasteiger partial charge on any atom is -0.478 e. The molecule has 0 aliphatic heterocycles. The molecule has 2 atom stereocenters. The van der Waals surface area contributed by atoms with Crippen molar-refractivity contribution >= 4 is 5.97 Å². The molecule has 2 unspecified atom stereocenters. The Balaban J connectivity index is 1.62. The molecule has 0 aromatic heterocycles. The van der Waals surface area contributed by atoms with Crippen LogP contribution in [0, 0.1) is 5.82 Å². The van der Waals surface area contributed by atoms with Gasteiger partial charge in [0.05, 0.1) is 5.56 Å². The molecular formula is C19H20FNO2. The van der Waals surface area contributed by atoms with Crippen LogP contribution in [0.1, 0.15) is 46.7 Å². The summed E-state index contributed by atoms with van der Waals surface area (Å²) in [6, 6.07) is 14.1. The Kier molecular flexibility index (Phi) is 4.72.